The molecular weight excluding hydrogens is 422 g/mol. The average Bonchev–Trinajstić information content (AvgIpc) is 3.46. The van der Waals surface area contributed by atoms with Gasteiger partial charge in [0.1, 0.15) is 0 Å². The number of anilines is 2. The van der Waals surface area contributed by atoms with Crippen molar-refractivity contribution in [2.75, 3.05) is 17.7 Å². The van der Waals surface area contributed by atoms with Crippen LogP contribution < -0.4 is 16.1 Å². The molecule has 3 N–H and O–H groups in total. The van der Waals surface area contributed by atoms with Crippen LogP contribution in [0.1, 0.15) is 35.1 Å². The molecule has 0 saturated carbocycles. The summed E-state index contributed by atoms with van der Waals surface area (Å²) in [4.78, 5) is 15.0. The van der Waals surface area contributed by atoms with Crippen LogP contribution in [0.2, 0.25) is 0 Å². The lowest BCUT2D eigenvalue weighted by Gasteiger charge is -2.19. The second-order valence-electron chi connectivity index (χ2n) is 7.18. The van der Waals surface area contributed by atoms with Crippen molar-refractivity contribution in [3.05, 3.63) is 77.6 Å². The summed E-state index contributed by atoms with van der Waals surface area (Å²) < 4.78 is 6.06. The Balaban J connectivity index is 1.66. The molecule has 0 aliphatic rings. The minimum atomic E-state index is -0.505. The van der Waals surface area contributed by atoms with Crippen LogP contribution in [-0.2, 0) is 6.54 Å². The maximum Gasteiger partial charge on any atom is 0.293 e. The molecule has 0 unspecified atom stereocenters. The molecule has 0 radical (unpaired) electrons. The Morgan fingerprint density at radius 2 is 1.82 bits per heavy atom. The number of hydrogen-bond acceptors (Lipinski definition) is 9. The predicted octanol–water partition coefficient (Wildman–Crippen LogP) is 2.41. The van der Waals surface area contributed by atoms with E-state index in [1.54, 1.807) is 0 Å². The van der Waals surface area contributed by atoms with Crippen molar-refractivity contribution in [2.45, 2.75) is 19.9 Å². The second kappa shape index (κ2) is 9.73. The Kier molecular flexibility index (Phi) is 6.39. The molecule has 0 atom stereocenters. The molecule has 0 fully saturated rings. The summed E-state index contributed by atoms with van der Waals surface area (Å²) in [5, 5.41) is 19.9. The lowest BCUT2D eigenvalue weighted by atomic mass is 10.1. The molecule has 0 spiro atoms. The first-order chi connectivity index (χ1) is 16.1. The third-order valence-electron chi connectivity index (χ3n) is 4.99. The molecule has 168 valence electrons. The van der Waals surface area contributed by atoms with Crippen LogP contribution >= 0.6 is 0 Å². The summed E-state index contributed by atoms with van der Waals surface area (Å²) >= 11 is 0. The van der Waals surface area contributed by atoms with Gasteiger partial charge in [-0.15, -0.1) is 5.10 Å². The van der Waals surface area contributed by atoms with Crippen molar-refractivity contribution in [1.29, 1.82) is 0 Å². The number of nitrogen functional groups attached to an aromatic ring is 1. The minimum absolute atomic E-state index is 0.0332. The number of nitrogens with zero attached hydrogens (tertiary/aromatic N) is 7. The first-order valence-electron chi connectivity index (χ1n) is 10.3. The highest BCUT2D eigenvalue weighted by molar-refractivity contribution is 6.02. The molecule has 2 aromatic heterocycles. The maximum atomic E-state index is 13.1. The molecular formula is C22H23N9O2. The molecule has 4 aromatic rings. The van der Waals surface area contributed by atoms with Crippen LogP contribution in [0, 0.1) is 0 Å². The fourth-order valence-corrected chi connectivity index (χ4v) is 3.28. The minimum Gasteiger partial charge on any atom is -0.378 e. The van der Waals surface area contributed by atoms with Gasteiger partial charge in [-0.25, -0.2) is 10.1 Å². The molecule has 2 aromatic carbocycles. The Labute approximate surface area is 189 Å². The maximum absolute atomic E-state index is 13.1. The summed E-state index contributed by atoms with van der Waals surface area (Å²) in [6.07, 6.45) is 0.641. The van der Waals surface area contributed by atoms with E-state index in [1.165, 1.54) is 4.68 Å². The van der Waals surface area contributed by atoms with E-state index in [-0.39, 0.29) is 23.9 Å². The summed E-state index contributed by atoms with van der Waals surface area (Å²) in [5.74, 6) is -0.319. The second-order valence-corrected chi connectivity index (χ2v) is 7.18. The van der Waals surface area contributed by atoms with Crippen LogP contribution in [-0.4, -0.2) is 44.0 Å². The van der Waals surface area contributed by atoms with E-state index in [0.717, 1.165) is 17.0 Å². The Bertz CT molecular complexity index is 1250. The molecule has 0 bridgehead atoms. The lowest BCUT2D eigenvalue weighted by molar-refractivity contribution is 0.0948. The number of benzene rings is 2. The highest BCUT2D eigenvalue weighted by atomic mass is 16.6. The molecule has 0 aliphatic heterocycles. The van der Waals surface area contributed by atoms with Gasteiger partial charge in [0.15, 0.2) is 5.69 Å². The number of nitrogens with two attached hydrogens (primary N) is 1. The van der Waals surface area contributed by atoms with Gasteiger partial charge in [-0.3, -0.25) is 4.79 Å². The van der Waals surface area contributed by atoms with Gasteiger partial charge in [-0.2, -0.15) is 9.78 Å². The molecule has 0 saturated heterocycles. The highest BCUT2D eigenvalue weighted by Crippen LogP contribution is 2.20. The van der Waals surface area contributed by atoms with E-state index < -0.39 is 5.91 Å². The monoisotopic (exact) mass is 445 g/mol. The Morgan fingerprint density at radius 3 is 2.45 bits per heavy atom. The zero-order chi connectivity index (χ0) is 23.2. The van der Waals surface area contributed by atoms with E-state index in [2.05, 4.69) is 31.2 Å². The van der Waals surface area contributed by atoms with Crippen LogP contribution in [0.3, 0.4) is 0 Å². The first-order valence-corrected chi connectivity index (χ1v) is 10.3. The summed E-state index contributed by atoms with van der Waals surface area (Å²) in [5.41, 5.74) is 11.6. The number of para-hydroxylation sites is 1. The summed E-state index contributed by atoms with van der Waals surface area (Å²) in [7, 11) is 1.89. The highest BCUT2D eigenvalue weighted by Gasteiger charge is 2.25. The molecule has 0 aliphatic carbocycles. The SMILES string of the molecule is CC/C(=N/NC(=O)c1nnn(-c2nonc2N)c1CN(C)c1ccccc1)c1ccccc1. The number of nitrogens with one attached hydrogen (secondary N) is 1. The molecule has 4 rings (SSSR count). The number of hydrogen-bond donors (Lipinski definition) is 2. The van der Waals surface area contributed by atoms with Crippen molar-refractivity contribution in [2.24, 2.45) is 5.10 Å². The van der Waals surface area contributed by atoms with Gasteiger partial charge in [0.05, 0.1) is 18.0 Å². The topological polar surface area (TPSA) is 140 Å². The Hall–Kier alpha value is -4.54. The zero-order valence-corrected chi connectivity index (χ0v) is 18.2. The molecule has 2 heterocycles. The quantitative estimate of drug-likeness (QED) is 0.311. The number of carbonyl (C=O) groups excluding carboxylic acids is 1. The van der Waals surface area contributed by atoms with E-state index >= 15 is 0 Å². The number of amides is 1. The van der Waals surface area contributed by atoms with Gasteiger partial charge in [-0.05, 0) is 34.4 Å². The van der Waals surface area contributed by atoms with Crippen molar-refractivity contribution in [3.8, 4) is 5.82 Å². The van der Waals surface area contributed by atoms with Crippen molar-refractivity contribution in [1.82, 2.24) is 30.7 Å². The third kappa shape index (κ3) is 4.71. The van der Waals surface area contributed by atoms with Crippen molar-refractivity contribution >= 4 is 23.1 Å². The normalized spacial score (nSPS) is 11.4. The van der Waals surface area contributed by atoms with Gasteiger partial charge in [0, 0.05) is 12.7 Å². The number of carbonyl (C=O) groups is 1. The fourth-order valence-electron chi connectivity index (χ4n) is 3.28. The summed E-state index contributed by atoms with van der Waals surface area (Å²) in [6, 6.07) is 19.3. The molecule has 33 heavy (non-hydrogen) atoms. The van der Waals surface area contributed by atoms with Crippen LogP contribution in [0.25, 0.3) is 5.82 Å². The number of hydrazone groups is 1. The standard InChI is InChI=1S/C22H23N9O2/c1-3-17(15-10-6-4-7-11-15)24-26-22(32)19-18(14-30(2)16-12-8-5-9-13-16)31(29-25-19)21-20(23)27-33-28-21/h4-13H,3,14H2,1-2H3,(H2,23,27)(H,26,32)/b24-17-. The van der Waals surface area contributed by atoms with Crippen molar-refractivity contribution in [3.63, 3.8) is 0 Å². The van der Waals surface area contributed by atoms with Crippen molar-refractivity contribution < 1.29 is 9.42 Å². The Morgan fingerprint density at radius 1 is 1.12 bits per heavy atom. The smallest absolute Gasteiger partial charge is 0.293 e. The predicted molar refractivity (Wildman–Crippen MR) is 123 cm³/mol. The zero-order valence-electron chi connectivity index (χ0n) is 18.2. The molecule has 11 heteroatoms. The van der Waals surface area contributed by atoms with Crippen LogP contribution in [0.4, 0.5) is 11.5 Å². The third-order valence-corrected chi connectivity index (χ3v) is 4.99. The van der Waals surface area contributed by atoms with Crippen LogP contribution in [0.15, 0.2) is 70.4 Å². The van der Waals surface area contributed by atoms with Gasteiger partial charge in [0.25, 0.3) is 5.91 Å². The first kappa shape index (κ1) is 21.7. The van der Waals surface area contributed by atoms with E-state index in [1.807, 2.05) is 79.5 Å². The number of aromatic nitrogens is 5. The summed E-state index contributed by atoms with van der Waals surface area (Å²) in [6.45, 7) is 2.25. The number of rotatable bonds is 8. The molecule has 11 nitrogen and oxygen atoms in total. The lowest BCUT2D eigenvalue weighted by Crippen LogP contribution is -2.25. The van der Waals surface area contributed by atoms with E-state index in [9.17, 15) is 4.79 Å². The van der Waals surface area contributed by atoms with E-state index in [4.69, 9.17) is 10.4 Å². The van der Waals surface area contributed by atoms with Gasteiger partial charge in [0.2, 0.25) is 11.6 Å². The molecule has 1 amide bonds. The van der Waals surface area contributed by atoms with Gasteiger partial charge in [-0.1, -0.05) is 60.7 Å². The van der Waals surface area contributed by atoms with Crippen LogP contribution in [0.5, 0.6) is 0 Å². The largest absolute Gasteiger partial charge is 0.378 e. The average molecular weight is 445 g/mol. The van der Waals surface area contributed by atoms with Gasteiger partial charge >= 0.3 is 0 Å². The van der Waals surface area contributed by atoms with Gasteiger partial charge < -0.3 is 10.6 Å². The fraction of sp³-hybridized carbons (Fsp3) is 0.182. The van der Waals surface area contributed by atoms with E-state index in [0.29, 0.717) is 12.1 Å².